The summed E-state index contributed by atoms with van der Waals surface area (Å²) < 4.78 is 10.5. The molecule has 2 rings (SSSR count). The van der Waals surface area contributed by atoms with Gasteiger partial charge in [0.05, 0.1) is 18.4 Å². The van der Waals surface area contributed by atoms with Crippen LogP contribution in [0.4, 0.5) is 0 Å². The second-order valence-corrected chi connectivity index (χ2v) is 4.24. The molecule has 1 heterocycles. The van der Waals surface area contributed by atoms with Gasteiger partial charge in [-0.15, -0.1) is 0 Å². The first-order valence-electron chi connectivity index (χ1n) is 6.49. The van der Waals surface area contributed by atoms with E-state index in [9.17, 15) is 5.26 Å². The lowest BCUT2D eigenvalue weighted by Crippen LogP contribution is -1.96. The van der Waals surface area contributed by atoms with Gasteiger partial charge in [-0.25, -0.2) is 0 Å². The molecular weight excluding hydrogens is 278 g/mol. The van der Waals surface area contributed by atoms with E-state index in [1.165, 1.54) is 7.11 Å². The molecule has 0 aliphatic heterocycles. The van der Waals surface area contributed by atoms with Crippen LogP contribution in [0.15, 0.2) is 42.6 Å². The summed E-state index contributed by atoms with van der Waals surface area (Å²) in [5, 5.41) is 17.8. The van der Waals surface area contributed by atoms with E-state index in [0.717, 1.165) is 5.56 Å². The Morgan fingerprint density at radius 2 is 2.09 bits per heavy atom. The summed E-state index contributed by atoms with van der Waals surface area (Å²) in [6.07, 6.45) is 3.36. The number of hydrogen-bond donors (Lipinski definition) is 0. The predicted molar refractivity (Wildman–Crippen MR) is 81.8 cm³/mol. The normalized spacial score (nSPS) is 10.4. The molecule has 5 heteroatoms. The Kier molecular flexibility index (Phi) is 5.12. The summed E-state index contributed by atoms with van der Waals surface area (Å²) in [6.45, 7) is -0.0527. The third kappa shape index (κ3) is 3.62. The Balaban J connectivity index is 2.35. The number of ether oxygens (including phenoxy) is 2. The van der Waals surface area contributed by atoms with Crippen molar-refractivity contribution in [3.63, 3.8) is 0 Å². The number of nitrogens with zero attached hydrogens (tertiary/aromatic N) is 3. The van der Waals surface area contributed by atoms with Crippen molar-refractivity contribution in [2.75, 3.05) is 13.7 Å². The maximum atomic E-state index is 9.29. The highest BCUT2D eigenvalue weighted by Crippen LogP contribution is 2.29. The van der Waals surface area contributed by atoms with Gasteiger partial charge >= 0.3 is 0 Å². The van der Waals surface area contributed by atoms with Crippen LogP contribution in [-0.4, -0.2) is 18.7 Å². The number of methoxy groups -OCH3 is 1. The van der Waals surface area contributed by atoms with Crippen LogP contribution in [0.1, 0.15) is 11.3 Å². The van der Waals surface area contributed by atoms with E-state index in [4.69, 9.17) is 14.7 Å². The Morgan fingerprint density at radius 1 is 1.23 bits per heavy atom. The molecular formula is C17H13N3O2. The molecule has 0 atom stereocenters. The van der Waals surface area contributed by atoms with E-state index < -0.39 is 0 Å². The van der Waals surface area contributed by atoms with Crippen molar-refractivity contribution >= 4 is 11.6 Å². The number of rotatable bonds is 5. The summed E-state index contributed by atoms with van der Waals surface area (Å²) in [5.74, 6) is 0.986. The Bertz CT molecular complexity index is 756. The molecule has 0 amide bonds. The van der Waals surface area contributed by atoms with Crippen LogP contribution < -0.4 is 9.47 Å². The van der Waals surface area contributed by atoms with Gasteiger partial charge in [0.1, 0.15) is 12.1 Å². The van der Waals surface area contributed by atoms with Crippen molar-refractivity contribution in [2.45, 2.75) is 0 Å². The summed E-state index contributed by atoms with van der Waals surface area (Å²) in [6, 6.07) is 14.7. The fourth-order valence-corrected chi connectivity index (χ4v) is 1.86. The number of pyridine rings is 1. The van der Waals surface area contributed by atoms with E-state index in [1.54, 1.807) is 42.6 Å². The minimum Gasteiger partial charge on any atom is -0.493 e. The molecule has 0 spiro atoms. The number of benzene rings is 1. The zero-order valence-electron chi connectivity index (χ0n) is 12.0. The van der Waals surface area contributed by atoms with Gasteiger partial charge in [0.15, 0.2) is 18.1 Å². The lowest BCUT2D eigenvalue weighted by molar-refractivity contribution is 0.329. The summed E-state index contributed by atoms with van der Waals surface area (Å²) >= 11 is 0. The first kappa shape index (κ1) is 15.1. The zero-order valence-corrected chi connectivity index (χ0v) is 12.0. The van der Waals surface area contributed by atoms with Gasteiger partial charge in [0, 0.05) is 6.20 Å². The van der Waals surface area contributed by atoms with Crippen molar-refractivity contribution in [1.82, 2.24) is 4.98 Å². The molecule has 1 aromatic heterocycles. The highest BCUT2D eigenvalue weighted by atomic mass is 16.5. The van der Waals surface area contributed by atoms with Crippen LogP contribution in [-0.2, 0) is 0 Å². The average molecular weight is 291 g/mol. The van der Waals surface area contributed by atoms with Crippen LogP contribution in [0.25, 0.3) is 11.6 Å². The van der Waals surface area contributed by atoms with Gasteiger partial charge in [0.2, 0.25) is 0 Å². The van der Waals surface area contributed by atoms with E-state index in [2.05, 4.69) is 11.1 Å². The summed E-state index contributed by atoms with van der Waals surface area (Å²) in [7, 11) is 1.52. The molecule has 0 bridgehead atoms. The fourth-order valence-electron chi connectivity index (χ4n) is 1.86. The minimum absolute atomic E-state index is 0.0527. The Labute approximate surface area is 128 Å². The van der Waals surface area contributed by atoms with E-state index >= 15 is 0 Å². The number of allylic oxidation sites excluding steroid dienone is 1. The smallest absolute Gasteiger partial charge is 0.174 e. The summed E-state index contributed by atoms with van der Waals surface area (Å²) in [4.78, 5) is 4.16. The lowest BCUT2D eigenvalue weighted by Gasteiger charge is -2.09. The van der Waals surface area contributed by atoms with E-state index in [-0.39, 0.29) is 6.61 Å². The van der Waals surface area contributed by atoms with Crippen LogP contribution in [0.2, 0.25) is 0 Å². The van der Waals surface area contributed by atoms with Gasteiger partial charge in [-0.1, -0.05) is 12.1 Å². The highest BCUT2D eigenvalue weighted by molar-refractivity contribution is 5.88. The molecule has 0 N–H and O–H groups in total. The van der Waals surface area contributed by atoms with Crippen molar-refractivity contribution in [3.05, 3.63) is 53.9 Å². The van der Waals surface area contributed by atoms with Crippen LogP contribution in [0.5, 0.6) is 11.5 Å². The third-order valence-corrected chi connectivity index (χ3v) is 2.85. The van der Waals surface area contributed by atoms with Gasteiger partial charge in [0.25, 0.3) is 0 Å². The molecule has 0 aliphatic rings. The van der Waals surface area contributed by atoms with Crippen molar-refractivity contribution in [1.29, 1.82) is 10.5 Å². The second kappa shape index (κ2) is 7.47. The second-order valence-electron chi connectivity index (χ2n) is 4.24. The fraction of sp³-hybridized carbons (Fsp3) is 0.118. The topological polar surface area (TPSA) is 78.9 Å². The number of hydrogen-bond acceptors (Lipinski definition) is 5. The minimum atomic E-state index is -0.0527. The number of nitriles is 2. The molecule has 0 saturated heterocycles. The van der Waals surface area contributed by atoms with Crippen LogP contribution >= 0.6 is 0 Å². The molecule has 108 valence electrons. The molecule has 0 fully saturated rings. The standard InChI is InChI=1S/C17H13N3O2/c1-21-17-11-13(5-6-16(17)22-9-7-18)10-14(12-19)15-4-2-3-8-20-15/h2-6,8,10-11H,9H2,1H3/b14-10+. The maximum Gasteiger partial charge on any atom is 0.174 e. The maximum absolute atomic E-state index is 9.29. The summed E-state index contributed by atoms with van der Waals surface area (Å²) in [5.41, 5.74) is 1.84. The monoisotopic (exact) mass is 291 g/mol. The van der Waals surface area contributed by atoms with Gasteiger partial charge in [-0.3, -0.25) is 4.98 Å². The third-order valence-electron chi connectivity index (χ3n) is 2.85. The van der Waals surface area contributed by atoms with Gasteiger partial charge in [-0.2, -0.15) is 10.5 Å². The van der Waals surface area contributed by atoms with Crippen molar-refractivity contribution in [2.24, 2.45) is 0 Å². The Hall–Kier alpha value is -3.31. The van der Waals surface area contributed by atoms with Crippen LogP contribution in [0, 0.1) is 22.7 Å². The van der Waals surface area contributed by atoms with Gasteiger partial charge in [-0.05, 0) is 35.9 Å². The van der Waals surface area contributed by atoms with E-state index in [1.807, 2.05) is 12.1 Å². The quantitative estimate of drug-likeness (QED) is 0.791. The molecule has 5 nitrogen and oxygen atoms in total. The first-order chi connectivity index (χ1) is 10.8. The average Bonchev–Trinajstić information content (AvgIpc) is 2.59. The molecule has 0 unspecified atom stereocenters. The van der Waals surface area contributed by atoms with Crippen molar-refractivity contribution < 1.29 is 9.47 Å². The predicted octanol–water partition coefficient (Wildman–Crippen LogP) is 3.06. The first-order valence-corrected chi connectivity index (χ1v) is 6.49. The number of aromatic nitrogens is 1. The molecule has 0 aliphatic carbocycles. The van der Waals surface area contributed by atoms with Crippen LogP contribution in [0.3, 0.4) is 0 Å². The largest absolute Gasteiger partial charge is 0.493 e. The molecule has 22 heavy (non-hydrogen) atoms. The molecule has 2 aromatic rings. The Morgan fingerprint density at radius 3 is 2.73 bits per heavy atom. The molecule has 0 radical (unpaired) electrons. The SMILES string of the molecule is COc1cc(/C=C(\C#N)c2ccccn2)ccc1OCC#N. The van der Waals surface area contributed by atoms with Crippen molar-refractivity contribution in [3.8, 4) is 23.6 Å². The highest BCUT2D eigenvalue weighted by Gasteiger charge is 2.07. The molecule has 0 saturated carbocycles. The van der Waals surface area contributed by atoms with Gasteiger partial charge < -0.3 is 9.47 Å². The lowest BCUT2D eigenvalue weighted by atomic mass is 10.1. The van der Waals surface area contributed by atoms with E-state index in [0.29, 0.717) is 22.8 Å². The molecule has 1 aromatic carbocycles. The zero-order chi connectivity index (χ0) is 15.8.